The third-order valence-electron chi connectivity index (χ3n) is 5.97. The van der Waals surface area contributed by atoms with Crippen LogP contribution in [0, 0.1) is 0 Å². The molecule has 0 atom stereocenters. The molecule has 0 unspecified atom stereocenters. The summed E-state index contributed by atoms with van der Waals surface area (Å²) in [6.45, 7) is 0. The molecule has 5 rings (SSSR count). The van der Waals surface area contributed by atoms with Crippen molar-refractivity contribution in [3.8, 4) is 23.0 Å². The zero-order chi connectivity index (χ0) is 24.4. The van der Waals surface area contributed by atoms with Crippen LogP contribution in [0.15, 0.2) is 91.1 Å². The summed E-state index contributed by atoms with van der Waals surface area (Å²) in [5.41, 5.74) is 2.20. The molecule has 1 amide bonds. The van der Waals surface area contributed by atoms with Crippen molar-refractivity contribution in [3.63, 3.8) is 0 Å². The lowest BCUT2D eigenvalue weighted by molar-refractivity contribution is 0.0994. The molecule has 0 radical (unpaired) electrons. The van der Waals surface area contributed by atoms with Gasteiger partial charge in [-0.15, -0.1) is 0 Å². The first-order valence-electron chi connectivity index (χ1n) is 11.1. The van der Waals surface area contributed by atoms with Crippen LogP contribution in [0.5, 0.6) is 23.0 Å². The summed E-state index contributed by atoms with van der Waals surface area (Å²) in [5, 5.41) is 2.57. The van der Waals surface area contributed by atoms with Gasteiger partial charge >= 0.3 is 0 Å². The number of pyridine rings is 1. The lowest BCUT2D eigenvalue weighted by atomic mass is 10.0. The van der Waals surface area contributed by atoms with Crippen LogP contribution in [-0.4, -0.2) is 32.2 Å². The van der Waals surface area contributed by atoms with E-state index in [1.165, 1.54) is 0 Å². The highest BCUT2D eigenvalue weighted by molar-refractivity contribution is 6.14. The first-order valence-corrected chi connectivity index (χ1v) is 11.1. The normalized spacial score (nSPS) is 10.8. The minimum atomic E-state index is -0.0726. The molecule has 0 spiro atoms. The number of rotatable bonds is 6. The van der Waals surface area contributed by atoms with Crippen LogP contribution in [0.1, 0.15) is 10.4 Å². The van der Waals surface area contributed by atoms with E-state index in [0.717, 1.165) is 27.4 Å². The van der Waals surface area contributed by atoms with Crippen LogP contribution in [-0.2, 0) is 0 Å². The number of nitrogens with zero attached hydrogens (tertiary/aromatic N) is 2. The maximum atomic E-state index is 13.3. The van der Waals surface area contributed by atoms with Crippen molar-refractivity contribution in [1.29, 1.82) is 0 Å². The Morgan fingerprint density at radius 2 is 1.54 bits per heavy atom. The van der Waals surface area contributed by atoms with Gasteiger partial charge in [0.2, 0.25) is 0 Å². The van der Waals surface area contributed by atoms with E-state index < -0.39 is 0 Å². The summed E-state index contributed by atoms with van der Waals surface area (Å²) in [7, 11) is 4.97. The summed E-state index contributed by atoms with van der Waals surface area (Å²) in [6, 6.07) is 26.5. The summed E-state index contributed by atoms with van der Waals surface area (Å²) in [5.74, 6) is 2.43. The van der Waals surface area contributed by atoms with Gasteiger partial charge in [-0.2, -0.15) is 0 Å². The number of carbonyl (C=O) groups is 1. The number of para-hydroxylation sites is 1. The van der Waals surface area contributed by atoms with Gasteiger partial charge in [-0.3, -0.25) is 9.78 Å². The Bertz CT molecular complexity index is 1530. The topological polar surface area (TPSA) is 60.9 Å². The van der Waals surface area contributed by atoms with Crippen LogP contribution >= 0.6 is 0 Å². The van der Waals surface area contributed by atoms with Gasteiger partial charge in [0.25, 0.3) is 5.91 Å². The largest absolute Gasteiger partial charge is 0.493 e. The van der Waals surface area contributed by atoms with Gasteiger partial charge < -0.3 is 19.1 Å². The van der Waals surface area contributed by atoms with Crippen LogP contribution in [0.2, 0.25) is 0 Å². The molecule has 6 nitrogen and oxygen atoms in total. The molecule has 6 heteroatoms. The second-order valence-corrected chi connectivity index (χ2v) is 8.02. The number of hydrogen-bond acceptors (Lipinski definition) is 5. The average Bonchev–Trinajstić information content (AvgIpc) is 2.91. The Balaban J connectivity index is 1.50. The van der Waals surface area contributed by atoms with Crippen molar-refractivity contribution in [2.75, 3.05) is 26.2 Å². The number of hydrogen-bond donors (Lipinski definition) is 0. The molecule has 0 saturated carbocycles. The Morgan fingerprint density at radius 3 is 2.31 bits per heavy atom. The third kappa shape index (κ3) is 4.22. The van der Waals surface area contributed by atoms with E-state index in [4.69, 9.17) is 14.2 Å². The van der Waals surface area contributed by atoms with Crippen molar-refractivity contribution in [2.24, 2.45) is 0 Å². The van der Waals surface area contributed by atoms with E-state index in [-0.39, 0.29) is 5.91 Å². The molecule has 1 heterocycles. The number of anilines is 1. The highest BCUT2D eigenvalue weighted by atomic mass is 16.5. The average molecular weight is 465 g/mol. The Labute approximate surface area is 203 Å². The molecule has 0 aliphatic carbocycles. The molecule has 0 aliphatic heterocycles. The monoisotopic (exact) mass is 464 g/mol. The third-order valence-corrected chi connectivity index (χ3v) is 5.97. The van der Waals surface area contributed by atoms with Gasteiger partial charge in [0.1, 0.15) is 11.5 Å². The van der Waals surface area contributed by atoms with Gasteiger partial charge in [0.05, 0.1) is 19.7 Å². The van der Waals surface area contributed by atoms with Gasteiger partial charge in [-0.05, 0) is 59.3 Å². The van der Waals surface area contributed by atoms with E-state index >= 15 is 0 Å². The molecule has 1 aromatic heterocycles. The molecule has 0 fully saturated rings. The molecule has 0 bridgehead atoms. The highest BCUT2D eigenvalue weighted by Gasteiger charge is 2.17. The number of amides is 1. The lowest BCUT2D eigenvalue weighted by Crippen LogP contribution is -2.26. The Hall–Kier alpha value is -4.58. The molecule has 4 aromatic carbocycles. The summed E-state index contributed by atoms with van der Waals surface area (Å²) >= 11 is 0. The van der Waals surface area contributed by atoms with E-state index in [1.54, 1.807) is 32.4 Å². The maximum Gasteiger partial charge on any atom is 0.258 e. The zero-order valence-electron chi connectivity index (χ0n) is 19.7. The molecular weight excluding hydrogens is 440 g/mol. The quantitative estimate of drug-likeness (QED) is 0.288. The lowest BCUT2D eigenvalue weighted by Gasteiger charge is -2.18. The van der Waals surface area contributed by atoms with Gasteiger partial charge in [-0.1, -0.05) is 30.3 Å². The number of carbonyl (C=O) groups excluding carboxylic acids is 1. The van der Waals surface area contributed by atoms with Crippen molar-refractivity contribution in [1.82, 2.24) is 4.98 Å². The van der Waals surface area contributed by atoms with Crippen molar-refractivity contribution in [2.45, 2.75) is 0 Å². The smallest absolute Gasteiger partial charge is 0.258 e. The minimum Gasteiger partial charge on any atom is -0.493 e. The summed E-state index contributed by atoms with van der Waals surface area (Å²) < 4.78 is 17.1. The van der Waals surface area contributed by atoms with E-state index in [9.17, 15) is 4.79 Å². The number of fused-ring (bicyclic) bond motifs is 2. The second-order valence-electron chi connectivity index (χ2n) is 8.02. The first-order chi connectivity index (χ1) is 17.1. The molecule has 35 heavy (non-hydrogen) atoms. The fourth-order valence-corrected chi connectivity index (χ4v) is 4.12. The first kappa shape index (κ1) is 22.2. The van der Waals surface area contributed by atoms with Crippen LogP contribution in [0.4, 0.5) is 5.69 Å². The fraction of sp³-hybridized carbons (Fsp3) is 0.103. The molecular formula is C29H24N2O4. The van der Waals surface area contributed by atoms with Gasteiger partial charge in [0.15, 0.2) is 11.5 Å². The Morgan fingerprint density at radius 1 is 0.771 bits per heavy atom. The van der Waals surface area contributed by atoms with Crippen LogP contribution in [0.25, 0.3) is 21.7 Å². The molecule has 5 aromatic rings. The number of benzene rings is 4. The standard InChI is InChI=1S/C29H24N2O4/c1-31(20-9-5-4-6-10-20)29(32)23-11-7-8-19-16-21(12-13-22(19)23)35-26-14-15-30-25-18-28(34-3)27(33-2)17-24(25)26/h4-18H,1-3H3. The fourth-order valence-electron chi connectivity index (χ4n) is 4.12. The maximum absolute atomic E-state index is 13.3. The van der Waals surface area contributed by atoms with E-state index in [2.05, 4.69) is 4.98 Å². The number of ether oxygens (including phenoxy) is 3. The molecule has 174 valence electrons. The van der Waals surface area contributed by atoms with Crippen molar-refractivity contribution < 1.29 is 19.0 Å². The van der Waals surface area contributed by atoms with Crippen LogP contribution in [0.3, 0.4) is 0 Å². The summed E-state index contributed by atoms with van der Waals surface area (Å²) in [4.78, 5) is 19.3. The Kier molecular flexibility index (Phi) is 5.94. The number of methoxy groups -OCH3 is 2. The molecule has 0 saturated heterocycles. The van der Waals surface area contributed by atoms with Gasteiger partial charge in [-0.25, -0.2) is 0 Å². The summed E-state index contributed by atoms with van der Waals surface area (Å²) in [6.07, 6.45) is 1.70. The number of aromatic nitrogens is 1. The highest BCUT2D eigenvalue weighted by Crippen LogP contribution is 2.37. The van der Waals surface area contributed by atoms with Crippen LogP contribution < -0.4 is 19.1 Å². The van der Waals surface area contributed by atoms with E-state index in [0.29, 0.717) is 28.6 Å². The van der Waals surface area contributed by atoms with Crippen molar-refractivity contribution >= 4 is 33.3 Å². The minimum absolute atomic E-state index is 0.0726. The SMILES string of the molecule is COc1cc2nccc(Oc3ccc4c(C(=O)N(C)c5ccccc5)cccc4c3)c2cc1OC. The van der Waals surface area contributed by atoms with E-state index in [1.807, 2.05) is 84.9 Å². The van der Waals surface area contributed by atoms with Gasteiger partial charge in [0, 0.05) is 35.9 Å². The van der Waals surface area contributed by atoms with Crippen molar-refractivity contribution in [3.05, 3.63) is 96.7 Å². The zero-order valence-corrected chi connectivity index (χ0v) is 19.7. The second kappa shape index (κ2) is 9.35. The predicted octanol–water partition coefficient (Wildman–Crippen LogP) is 6.47. The predicted molar refractivity (Wildman–Crippen MR) is 138 cm³/mol. The molecule has 0 aliphatic rings. The molecule has 0 N–H and O–H groups in total.